The molecule has 2 aromatic rings. The highest BCUT2D eigenvalue weighted by molar-refractivity contribution is 6.02. The van der Waals surface area contributed by atoms with Gasteiger partial charge < -0.3 is 20.1 Å². The third-order valence-corrected chi connectivity index (χ3v) is 7.51. The zero-order valence-electron chi connectivity index (χ0n) is 20.9. The lowest BCUT2D eigenvalue weighted by molar-refractivity contribution is -0.118. The highest BCUT2D eigenvalue weighted by Gasteiger charge is 2.51. The van der Waals surface area contributed by atoms with Crippen LogP contribution >= 0.6 is 0 Å². The fraction of sp³-hybridized carbons (Fsp3) is 0.536. The summed E-state index contributed by atoms with van der Waals surface area (Å²) in [5.41, 5.74) is 6.31. The summed E-state index contributed by atoms with van der Waals surface area (Å²) in [6, 6.07) is 10.8. The Hall–Kier alpha value is -2.53. The molecule has 5 nitrogen and oxygen atoms in total. The van der Waals surface area contributed by atoms with Crippen LogP contribution in [0.5, 0.6) is 5.75 Å². The number of carbonyl (C=O) groups is 1. The van der Waals surface area contributed by atoms with Crippen molar-refractivity contribution >= 4 is 17.3 Å². The smallest absolute Gasteiger partial charge is 0.235 e. The normalized spacial score (nSPS) is 18.8. The molecule has 1 atom stereocenters. The van der Waals surface area contributed by atoms with Crippen LogP contribution in [0.4, 0.5) is 11.4 Å². The van der Waals surface area contributed by atoms with E-state index in [-0.39, 0.29) is 17.9 Å². The van der Waals surface area contributed by atoms with Crippen molar-refractivity contribution in [2.24, 2.45) is 5.41 Å². The molecule has 4 rings (SSSR count). The fourth-order valence-corrected chi connectivity index (χ4v) is 5.19. The maximum absolute atomic E-state index is 13.4. The van der Waals surface area contributed by atoms with Crippen molar-refractivity contribution in [1.29, 1.82) is 0 Å². The van der Waals surface area contributed by atoms with E-state index < -0.39 is 5.41 Å². The van der Waals surface area contributed by atoms with E-state index in [0.717, 1.165) is 48.5 Å². The third-order valence-electron chi connectivity index (χ3n) is 7.51. The summed E-state index contributed by atoms with van der Waals surface area (Å²) < 4.78 is 5.81. The first-order chi connectivity index (χ1) is 15.6. The van der Waals surface area contributed by atoms with Gasteiger partial charge in [-0.1, -0.05) is 39.0 Å². The van der Waals surface area contributed by atoms with E-state index in [4.69, 9.17) is 4.74 Å². The minimum Gasteiger partial charge on any atom is -0.494 e. The number of nitrogens with one attached hydrogen (secondary N) is 1. The van der Waals surface area contributed by atoms with Crippen molar-refractivity contribution < 1.29 is 14.6 Å². The second-order valence-electron chi connectivity index (χ2n) is 10.9. The predicted molar refractivity (Wildman–Crippen MR) is 134 cm³/mol. The summed E-state index contributed by atoms with van der Waals surface area (Å²) >= 11 is 0. The van der Waals surface area contributed by atoms with Crippen molar-refractivity contribution in [2.75, 3.05) is 30.5 Å². The molecule has 1 unspecified atom stereocenters. The summed E-state index contributed by atoms with van der Waals surface area (Å²) in [6.45, 7) is 11.9. The molecule has 0 bridgehead atoms. The van der Waals surface area contributed by atoms with E-state index in [1.165, 1.54) is 16.7 Å². The van der Waals surface area contributed by atoms with Crippen molar-refractivity contribution in [2.45, 2.75) is 71.8 Å². The monoisotopic (exact) mass is 450 g/mol. The van der Waals surface area contributed by atoms with E-state index in [1.54, 1.807) is 7.11 Å². The van der Waals surface area contributed by atoms with E-state index in [1.807, 2.05) is 6.07 Å². The van der Waals surface area contributed by atoms with Crippen LogP contribution in [0.1, 0.15) is 62.3 Å². The molecule has 2 aromatic carbocycles. The SMILES string of the molecule is COc1cc(NC(=O)C2(c3ccc(C)c(C)c3)CC2)cc2c1N(CCCO)C(C(C)(C)C)C2. The van der Waals surface area contributed by atoms with E-state index in [2.05, 4.69) is 69.1 Å². The second kappa shape index (κ2) is 8.68. The van der Waals surface area contributed by atoms with Gasteiger partial charge >= 0.3 is 0 Å². The van der Waals surface area contributed by atoms with Gasteiger partial charge in [0.15, 0.2) is 0 Å². The standard InChI is InChI=1S/C28H38N2O3/c1-18-8-9-21(14-19(18)2)28(10-11-28)26(32)29-22-15-20-16-24(27(3,4)5)30(12-7-13-31)25(20)23(17-22)33-6/h8-9,14-15,17,24,31H,7,10-13,16H2,1-6H3,(H,29,32). The molecular weight excluding hydrogens is 412 g/mol. The number of carbonyl (C=O) groups excluding carboxylic acids is 1. The van der Waals surface area contributed by atoms with Gasteiger partial charge in [-0.05, 0) is 73.3 Å². The Morgan fingerprint density at radius 3 is 2.48 bits per heavy atom. The van der Waals surface area contributed by atoms with Gasteiger partial charge in [0.25, 0.3) is 0 Å². The molecule has 1 aliphatic heterocycles. The van der Waals surface area contributed by atoms with Crippen LogP contribution in [0.3, 0.4) is 0 Å². The van der Waals surface area contributed by atoms with Crippen LogP contribution in [-0.4, -0.2) is 37.3 Å². The van der Waals surface area contributed by atoms with Crippen LogP contribution in [0, 0.1) is 19.3 Å². The highest BCUT2D eigenvalue weighted by Crippen LogP contribution is 2.50. The lowest BCUT2D eigenvalue weighted by atomic mass is 9.84. The molecule has 1 heterocycles. The van der Waals surface area contributed by atoms with Crippen LogP contribution in [0.15, 0.2) is 30.3 Å². The molecule has 5 heteroatoms. The molecule has 2 aliphatic rings. The topological polar surface area (TPSA) is 61.8 Å². The van der Waals surface area contributed by atoms with Gasteiger partial charge in [-0.25, -0.2) is 0 Å². The molecule has 1 aliphatic carbocycles. The number of hydrogen-bond acceptors (Lipinski definition) is 4. The maximum Gasteiger partial charge on any atom is 0.235 e. The molecule has 2 N–H and O–H groups in total. The Balaban J connectivity index is 1.63. The van der Waals surface area contributed by atoms with Crippen molar-refractivity contribution in [3.05, 3.63) is 52.6 Å². The van der Waals surface area contributed by atoms with Gasteiger partial charge in [0.05, 0.1) is 18.2 Å². The Bertz CT molecular complexity index is 1050. The van der Waals surface area contributed by atoms with Gasteiger partial charge in [-0.15, -0.1) is 0 Å². The number of benzene rings is 2. The quantitative estimate of drug-likeness (QED) is 0.613. The lowest BCUT2D eigenvalue weighted by Crippen LogP contribution is -2.42. The number of amides is 1. The summed E-state index contributed by atoms with van der Waals surface area (Å²) in [7, 11) is 1.69. The Kier molecular flexibility index (Phi) is 6.21. The Labute approximate surface area is 198 Å². The van der Waals surface area contributed by atoms with Gasteiger partial charge in [0, 0.05) is 30.9 Å². The average molecular weight is 451 g/mol. The first-order valence-corrected chi connectivity index (χ1v) is 12.1. The molecule has 1 saturated carbocycles. The Morgan fingerprint density at radius 2 is 1.91 bits per heavy atom. The zero-order valence-corrected chi connectivity index (χ0v) is 20.9. The van der Waals surface area contributed by atoms with Crippen LogP contribution < -0.4 is 15.0 Å². The zero-order chi connectivity index (χ0) is 24.0. The molecule has 33 heavy (non-hydrogen) atoms. The maximum atomic E-state index is 13.4. The fourth-order valence-electron chi connectivity index (χ4n) is 5.19. The molecular formula is C28H38N2O3. The van der Waals surface area contributed by atoms with Crippen molar-refractivity contribution in [3.63, 3.8) is 0 Å². The number of aliphatic hydroxyl groups is 1. The van der Waals surface area contributed by atoms with Gasteiger partial charge in [-0.3, -0.25) is 4.79 Å². The number of anilines is 2. The first kappa shape index (κ1) is 23.6. The first-order valence-electron chi connectivity index (χ1n) is 12.1. The minimum absolute atomic E-state index is 0.0651. The van der Waals surface area contributed by atoms with Crippen LogP contribution in [0.25, 0.3) is 0 Å². The van der Waals surface area contributed by atoms with Gasteiger partial charge in [0.2, 0.25) is 5.91 Å². The van der Waals surface area contributed by atoms with E-state index >= 15 is 0 Å². The predicted octanol–water partition coefficient (Wildman–Crippen LogP) is 5.14. The van der Waals surface area contributed by atoms with Crippen LogP contribution in [-0.2, 0) is 16.6 Å². The molecule has 1 amide bonds. The third kappa shape index (κ3) is 4.35. The lowest BCUT2D eigenvalue weighted by Gasteiger charge is -2.37. The number of aliphatic hydroxyl groups excluding tert-OH is 1. The number of ether oxygens (including phenoxy) is 1. The van der Waals surface area contributed by atoms with Gasteiger partial charge in [-0.2, -0.15) is 0 Å². The molecule has 0 saturated heterocycles. The number of aryl methyl sites for hydroxylation is 2. The van der Waals surface area contributed by atoms with Gasteiger partial charge in [0.1, 0.15) is 5.75 Å². The summed E-state index contributed by atoms with van der Waals surface area (Å²) in [5.74, 6) is 0.846. The van der Waals surface area contributed by atoms with E-state index in [9.17, 15) is 9.90 Å². The number of methoxy groups -OCH3 is 1. The molecule has 1 fully saturated rings. The largest absolute Gasteiger partial charge is 0.494 e. The van der Waals surface area contributed by atoms with E-state index in [0.29, 0.717) is 12.5 Å². The Morgan fingerprint density at radius 1 is 1.18 bits per heavy atom. The average Bonchev–Trinajstić information content (AvgIpc) is 3.49. The minimum atomic E-state index is -0.425. The highest BCUT2D eigenvalue weighted by atomic mass is 16.5. The molecule has 178 valence electrons. The molecule has 0 spiro atoms. The summed E-state index contributed by atoms with van der Waals surface area (Å²) in [5, 5.41) is 12.7. The molecule has 0 aromatic heterocycles. The van der Waals surface area contributed by atoms with Crippen molar-refractivity contribution in [3.8, 4) is 5.75 Å². The second-order valence-corrected chi connectivity index (χ2v) is 10.9. The summed E-state index contributed by atoms with van der Waals surface area (Å²) in [6.07, 6.45) is 3.37. The molecule has 0 radical (unpaired) electrons. The van der Waals surface area contributed by atoms with Crippen LogP contribution in [0.2, 0.25) is 0 Å². The number of hydrogen-bond donors (Lipinski definition) is 2. The number of rotatable bonds is 7. The summed E-state index contributed by atoms with van der Waals surface area (Å²) in [4.78, 5) is 15.8. The van der Waals surface area contributed by atoms with Crippen molar-refractivity contribution in [1.82, 2.24) is 0 Å². The number of fused-ring (bicyclic) bond motifs is 1. The number of nitrogens with zero attached hydrogens (tertiary/aromatic N) is 1.